The van der Waals surface area contributed by atoms with E-state index in [0.29, 0.717) is 5.75 Å². The van der Waals surface area contributed by atoms with Gasteiger partial charge in [0.1, 0.15) is 5.75 Å². The lowest BCUT2D eigenvalue weighted by Gasteiger charge is -2.21. The van der Waals surface area contributed by atoms with Crippen molar-refractivity contribution >= 4 is 8.25 Å². The van der Waals surface area contributed by atoms with Crippen LogP contribution in [-0.4, -0.2) is 4.89 Å². The molecule has 0 aliphatic heterocycles. The highest BCUT2D eigenvalue weighted by Gasteiger charge is 2.18. The first-order chi connectivity index (χ1) is 14.0. The Balaban J connectivity index is 2.16. The predicted molar refractivity (Wildman–Crippen MR) is 127 cm³/mol. The molecule has 0 aromatic heterocycles. The van der Waals surface area contributed by atoms with Gasteiger partial charge in [-0.2, -0.15) is 0 Å². The van der Waals surface area contributed by atoms with Crippen molar-refractivity contribution in [3.63, 3.8) is 0 Å². The van der Waals surface area contributed by atoms with Crippen molar-refractivity contribution in [1.29, 1.82) is 0 Å². The van der Waals surface area contributed by atoms with E-state index in [1.54, 1.807) is 6.07 Å². The Hall–Kier alpha value is -2.35. The first kappa shape index (κ1) is 22.3. The van der Waals surface area contributed by atoms with Gasteiger partial charge in [0.15, 0.2) is 0 Å². The second-order valence-electron chi connectivity index (χ2n) is 9.70. The van der Waals surface area contributed by atoms with Crippen LogP contribution in [0.1, 0.15) is 52.7 Å². The van der Waals surface area contributed by atoms with E-state index in [1.165, 1.54) is 11.1 Å². The Labute approximate surface area is 180 Å². The van der Waals surface area contributed by atoms with Gasteiger partial charge in [0.05, 0.1) is 0 Å². The molecule has 0 saturated heterocycles. The van der Waals surface area contributed by atoms with Gasteiger partial charge in [-0.1, -0.05) is 102 Å². The van der Waals surface area contributed by atoms with Crippen molar-refractivity contribution in [3.05, 3.63) is 77.9 Å². The Morgan fingerprint density at radius 2 is 1.17 bits per heavy atom. The summed E-state index contributed by atoms with van der Waals surface area (Å²) in [6, 6.07) is 22.5. The smallest absolute Gasteiger partial charge is 0.365 e. The summed E-state index contributed by atoms with van der Waals surface area (Å²) in [5.74, 6) is 0.419. The van der Waals surface area contributed by atoms with Crippen LogP contribution in [0.2, 0.25) is 0 Å². The first-order valence-corrected chi connectivity index (χ1v) is 11.5. The largest absolute Gasteiger partial charge is 0.426 e. The molecule has 4 heteroatoms. The monoisotopic (exact) mass is 422 g/mol. The maximum absolute atomic E-state index is 11.5. The topological polar surface area (TPSA) is 46.5 Å². The highest BCUT2D eigenvalue weighted by Crippen LogP contribution is 2.42. The van der Waals surface area contributed by atoms with Crippen LogP contribution in [0.15, 0.2) is 66.7 Å². The SMILES string of the molecule is CC(C)(C)c1ccc(-c2cccc(O[PH](=O)O)c2-c2ccc(C(C)(C)C)cc2)cc1. The third-order valence-electron chi connectivity index (χ3n) is 5.33. The maximum atomic E-state index is 11.5. The summed E-state index contributed by atoms with van der Waals surface area (Å²) in [6.45, 7) is 13.1. The van der Waals surface area contributed by atoms with Gasteiger partial charge >= 0.3 is 8.25 Å². The summed E-state index contributed by atoms with van der Waals surface area (Å²) in [5.41, 5.74) is 6.42. The third kappa shape index (κ3) is 5.03. The fourth-order valence-corrected chi connectivity index (χ4v) is 3.89. The van der Waals surface area contributed by atoms with E-state index in [-0.39, 0.29) is 10.8 Å². The molecule has 0 aliphatic rings. The minimum absolute atomic E-state index is 0.0520. The Bertz CT molecular complexity index is 1040. The van der Waals surface area contributed by atoms with Crippen LogP contribution in [0.3, 0.4) is 0 Å². The lowest BCUT2D eigenvalue weighted by Crippen LogP contribution is -2.10. The summed E-state index contributed by atoms with van der Waals surface area (Å²) >= 11 is 0. The second kappa shape index (κ2) is 8.41. The number of hydrogen-bond donors (Lipinski definition) is 1. The molecule has 0 radical (unpaired) electrons. The van der Waals surface area contributed by atoms with Crippen molar-refractivity contribution in [3.8, 4) is 28.0 Å². The highest BCUT2D eigenvalue weighted by atomic mass is 31.1. The molecule has 158 valence electrons. The molecule has 0 spiro atoms. The fraction of sp³-hybridized carbons (Fsp3) is 0.308. The van der Waals surface area contributed by atoms with Gasteiger partial charge in [-0.15, -0.1) is 0 Å². The van der Waals surface area contributed by atoms with Crippen LogP contribution in [0, 0.1) is 0 Å². The second-order valence-corrected chi connectivity index (χ2v) is 10.4. The van der Waals surface area contributed by atoms with E-state index >= 15 is 0 Å². The summed E-state index contributed by atoms with van der Waals surface area (Å²) < 4.78 is 16.8. The minimum atomic E-state index is -3.12. The zero-order valence-electron chi connectivity index (χ0n) is 18.6. The van der Waals surface area contributed by atoms with Crippen molar-refractivity contribution in [2.45, 2.75) is 52.4 Å². The molecule has 0 aliphatic carbocycles. The first-order valence-electron chi connectivity index (χ1n) is 10.2. The molecule has 1 N–H and O–H groups in total. The van der Waals surface area contributed by atoms with Crippen LogP contribution in [0.25, 0.3) is 22.3 Å². The van der Waals surface area contributed by atoms with Gasteiger partial charge in [0.2, 0.25) is 0 Å². The normalized spacial score (nSPS) is 13.2. The van der Waals surface area contributed by atoms with Crippen LogP contribution >= 0.6 is 8.25 Å². The Morgan fingerprint density at radius 1 is 0.700 bits per heavy atom. The zero-order valence-corrected chi connectivity index (χ0v) is 19.6. The van der Waals surface area contributed by atoms with Crippen LogP contribution in [-0.2, 0) is 15.4 Å². The van der Waals surface area contributed by atoms with Gasteiger partial charge < -0.3 is 9.42 Å². The molecule has 0 amide bonds. The molecule has 0 heterocycles. The van der Waals surface area contributed by atoms with Gasteiger partial charge in [-0.3, -0.25) is 0 Å². The molecular weight excluding hydrogens is 391 g/mol. The van der Waals surface area contributed by atoms with Gasteiger partial charge in [-0.25, -0.2) is 4.57 Å². The lowest BCUT2D eigenvalue weighted by atomic mass is 9.84. The molecule has 3 aromatic rings. The van der Waals surface area contributed by atoms with Gasteiger partial charge in [0, 0.05) is 5.56 Å². The van der Waals surface area contributed by atoms with Crippen LogP contribution in [0.5, 0.6) is 5.75 Å². The average Bonchev–Trinajstić information content (AvgIpc) is 2.66. The Morgan fingerprint density at radius 3 is 1.60 bits per heavy atom. The molecule has 0 bridgehead atoms. The molecular formula is C26H31O3P. The van der Waals surface area contributed by atoms with E-state index in [0.717, 1.165) is 22.3 Å². The van der Waals surface area contributed by atoms with Crippen molar-refractivity contribution in [1.82, 2.24) is 0 Å². The number of rotatable bonds is 4. The number of benzene rings is 3. The zero-order chi connectivity index (χ0) is 22.1. The van der Waals surface area contributed by atoms with Crippen molar-refractivity contribution < 1.29 is 14.0 Å². The van der Waals surface area contributed by atoms with Crippen molar-refractivity contribution in [2.24, 2.45) is 0 Å². The summed E-state index contributed by atoms with van der Waals surface area (Å²) in [7, 11) is -3.12. The lowest BCUT2D eigenvalue weighted by molar-refractivity contribution is 0.411. The minimum Gasteiger partial charge on any atom is -0.426 e. The fourth-order valence-electron chi connectivity index (χ4n) is 3.54. The maximum Gasteiger partial charge on any atom is 0.365 e. The van der Waals surface area contributed by atoms with E-state index in [1.807, 2.05) is 12.1 Å². The van der Waals surface area contributed by atoms with Crippen LogP contribution < -0.4 is 4.52 Å². The summed E-state index contributed by atoms with van der Waals surface area (Å²) in [5, 5.41) is 0. The van der Waals surface area contributed by atoms with E-state index in [9.17, 15) is 9.46 Å². The summed E-state index contributed by atoms with van der Waals surface area (Å²) in [6.07, 6.45) is 0. The van der Waals surface area contributed by atoms with E-state index in [4.69, 9.17) is 4.52 Å². The molecule has 1 unspecified atom stereocenters. The third-order valence-corrected chi connectivity index (χ3v) is 5.72. The molecule has 0 saturated carbocycles. The molecule has 3 nitrogen and oxygen atoms in total. The summed E-state index contributed by atoms with van der Waals surface area (Å²) in [4.78, 5) is 9.44. The standard InChI is InChI=1S/C26H31O3P/c1-25(2,3)20-14-10-18(11-15-20)22-8-7-9-23(29-30(27)28)24(22)19-12-16-21(17-13-19)26(4,5)6/h7-17,30H,1-6H3,(H,27,28). The van der Waals surface area contributed by atoms with Crippen molar-refractivity contribution in [2.75, 3.05) is 0 Å². The van der Waals surface area contributed by atoms with Gasteiger partial charge in [-0.05, 0) is 44.7 Å². The molecule has 30 heavy (non-hydrogen) atoms. The van der Waals surface area contributed by atoms with E-state index in [2.05, 4.69) is 90.1 Å². The highest BCUT2D eigenvalue weighted by molar-refractivity contribution is 7.32. The average molecular weight is 423 g/mol. The molecule has 0 fully saturated rings. The van der Waals surface area contributed by atoms with E-state index < -0.39 is 8.25 Å². The molecule has 3 rings (SSSR count). The van der Waals surface area contributed by atoms with Crippen LogP contribution in [0.4, 0.5) is 0 Å². The quantitative estimate of drug-likeness (QED) is 0.446. The molecule has 3 aromatic carbocycles. The Kier molecular flexibility index (Phi) is 6.26. The predicted octanol–water partition coefficient (Wildman–Crippen LogP) is 7.38. The number of hydrogen-bond acceptors (Lipinski definition) is 2. The van der Waals surface area contributed by atoms with Gasteiger partial charge in [0.25, 0.3) is 0 Å². The molecule has 1 atom stereocenters.